The Morgan fingerprint density at radius 1 is 1.20 bits per heavy atom. The van der Waals surface area contributed by atoms with Gasteiger partial charge >= 0.3 is 0 Å². The fourth-order valence-electron chi connectivity index (χ4n) is 2.05. The summed E-state index contributed by atoms with van der Waals surface area (Å²) in [6.45, 7) is 2.61. The maximum atomic E-state index is 5.74. The molecule has 2 rings (SSSR count). The van der Waals surface area contributed by atoms with Crippen LogP contribution < -0.4 is 16.0 Å². The molecule has 0 saturated carbocycles. The van der Waals surface area contributed by atoms with E-state index in [1.54, 1.807) is 0 Å². The van der Waals surface area contributed by atoms with E-state index in [0.717, 1.165) is 25.8 Å². The van der Waals surface area contributed by atoms with Crippen molar-refractivity contribution in [2.75, 3.05) is 6.61 Å². The molecule has 1 unspecified atom stereocenters. The Balaban J connectivity index is 2.38. The second-order valence-corrected chi connectivity index (χ2v) is 6.04. The summed E-state index contributed by atoms with van der Waals surface area (Å²) < 4.78 is 7.56. The molecular weight excluding hydrogens is 384 g/mol. The third-order valence-electron chi connectivity index (χ3n) is 2.94. The van der Waals surface area contributed by atoms with Gasteiger partial charge in [0.1, 0.15) is 5.75 Å². The molecule has 0 aliphatic carbocycles. The van der Waals surface area contributed by atoms with E-state index in [2.05, 4.69) is 37.3 Å². The molecule has 0 saturated heterocycles. The van der Waals surface area contributed by atoms with Crippen LogP contribution in [0.25, 0.3) is 0 Å². The van der Waals surface area contributed by atoms with Gasteiger partial charge in [0.15, 0.2) is 0 Å². The number of nitrogens with one attached hydrogen (secondary N) is 1. The van der Waals surface area contributed by atoms with Gasteiger partial charge in [0, 0.05) is 8.95 Å². The Kier molecular flexibility index (Phi) is 5.60. The van der Waals surface area contributed by atoms with Gasteiger partial charge in [-0.05, 0) is 42.3 Å². The van der Waals surface area contributed by atoms with Crippen LogP contribution in [0.2, 0.25) is 0 Å². The zero-order valence-corrected chi connectivity index (χ0v) is 14.2. The highest BCUT2D eigenvalue weighted by Crippen LogP contribution is 2.31. The van der Waals surface area contributed by atoms with Crippen molar-refractivity contribution in [3.8, 4) is 5.75 Å². The molecule has 0 radical (unpaired) electrons. The zero-order chi connectivity index (χ0) is 14.5. The lowest BCUT2D eigenvalue weighted by molar-refractivity contribution is 0.339. The second-order valence-electron chi connectivity index (χ2n) is 4.27. The van der Waals surface area contributed by atoms with E-state index in [0.29, 0.717) is 6.61 Å². The molecule has 0 heterocycles. The van der Waals surface area contributed by atoms with Gasteiger partial charge < -0.3 is 4.74 Å². The number of nitrogens with two attached hydrogens (primary N) is 1. The normalized spacial score (nSPS) is 12.2. The minimum absolute atomic E-state index is 0.0992. The van der Waals surface area contributed by atoms with Crippen LogP contribution in [0.3, 0.4) is 0 Å². The average molecular weight is 400 g/mol. The van der Waals surface area contributed by atoms with Crippen molar-refractivity contribution in [1.82, 2.24) is 5.43 Å². The highest BCUT2D eigenvalue weighted by atomic mass is 79.9. The predicted octanol–water partition coefficient (Wildman–Crippen LogP) is 4.16. The number of ether oxygens (including phenoxy) is 1. The van der Waals surface area contributed by atoms with Gasteiger partial charge in [-0.15, -0.1) is 0 Å². The third kappa shape index (κ3) is 3.61. The minimum atomic E-state index is -0.0992. The van der Waals surface area contributed by atoms with Crippen LogP contribution in [0, 0.1) is 0 Å². The van der Waals surface area contributed by atoms with Gasteiger partial charge in [0.05, 0.1) is 12.6 Å². The van der Waals surface area contributed by atoms with Crippen molar-refractivity contribution in [3.05, 3.63) is 62.5 Å². The van der Waals surface area contributed by atoms with Crippen molar-refractivity contribution in [2.45, 2.75) is 13.0 Å². The summed E-state index contributed by atoms with van der Waals surface area (Å²) in [7, 11) is 0. The standard InChI is InChI=1S/C15H16Br2N2O/c1-2-20-12-5-3-4-10(8-12)15(19-18)13-7-6-11(16)9-14(13)17/h3-9,15,19H,2,18H2,1H3. The highest BCUT2D eigenvalue weighted by molar-refractivity contribution is 9.11. The lowest BCUT2D eigenvalue weighted by Crippen LogP contribution is -2.29. The van der Waals surface area contributed by atoms with E-state index < -0.39 is 0 Å². The van der Waals surface area contributed by atoms with E-state index >= 15 is 0 Å². The van der Waals surface area contributed by atoms with Crippen molar-refractivity contribution in [3.63, 3.8) is 0 Å². The van der Waals surface area contributed by atoms with Crippen LogP contribution in [0.5, 0.6) is 5.75 Å². The Hall–Kier alpha value is -0.880. The van der Waals surface area contributed by atoms with Gasteiger partial charge in [0.2, 0.25) is 0 Å². The van der Waals surface area contributed by atoms with Gasteiger partial charge in [-0.2, -0.15) is 0 Å². The number of hydrogen-bond acceptors (Lipinski definition) is 3. The molecular formula is C15H16Br2N2O. The molecule has 0 amide bonds. The quantitative estimate of drug-likeness (QED) is 0.586. The second kappa shape index (κ2) is 7.22. The summed E-state index contributed by atoms with van der Waals surface area (Å²) in [6.07, 6.45) is 0. The number of halogens is 2. The van der Waals surface area contributed by atoms with Crippen LogP contribution in [0.15, 0.2) is 51.4 Å². The molecule has 0 fully saturated rings. The molecule has 0 spiro atoms. The third-order valence-corrected chi connectivity index (χ3v) is 4.12. The van der Waals surface area contributed by atoms with Crippen molar-refractivity contribution >= 4 is 31.9 Å². The van der Waals surface area contributed by atoms with E-state index in [9.17, 15) is 0 Å². The first-order chi connectivity index (χ1) is 9.65. The zero-order valence-electron chi connectivity index (χ0n) is 11.1. The smallest absolute Gasteiger partial charge is 0.119 e. The summed E-state index contributed by atoms with van der Waals surface area (Å²) in [6, 6.07) is 13.9. The van der Waals surface area contributed by atoms with E-state index in [1.165, 1.54) is 0 Å². The maximum Gasteiger partial charge on any atom is 0.119 e. The van der Waals surface area contributed by atoms with Crippen LogP contribution >= 0.6 is 31.9 Å². The highest BCUT2D eigenvalue weighted by Gasteiger charge is 2.16. The molecule has 0 bridgehead atoms. The first kappa shape index (κ1) is 15.5. The predicted molar refractivity (Wildman–Crippen MR) is 88.6 cm³/mol. The van der Waals surface area contributed by atoms with Crippen molar-refractivity contribution in [2.24, 2.45) is 5.84 Å². The maximum absolute atomic E-state index is 5.74. The van der Waals surface area contributed by atoms with Gasteiger partial charge in [-0.3, -0.25) is 5.84 Å². The molecule has 2 aromatic carbocycles. The lowest BCUT2D eigenvalue weighted by atomic mass is 9.99. The van der Waals surface area contributed by atoms with Crippen LogP contribution in [-0.2, 0) is 0 Å². The molecule has 0 aromatic heterocycles. The Bertz CT molecular complexity index is 590. The van der Waals surface area contributed by atoms with Gasteiger partial charge in [0.25, 0.3) is 0 Å². The Labute approximate surface area is 135 Å². The lowest BCUT2D eigenvalue weighted by Gasteiger charge is -2.19. The molecule has 0 aliphatic rings. The van der Waals surface area contributed by atoms with E-state index in [-0.39, 0.29) is 6.04 Å². The summed E-state index contributed by atoms with van der Waals surface area (Å²) in [4.78, 5) is 0. The molecule has 3 nitrogen and oxygen atoms in total. The number of benzene rings is 2. The molecule has 20 heavy (non-hydrogen) atoms. The largest absolute Gasteiger partial charge is 0.494 e. The van der Waals surface area contributed by atoms with Gasteiger partial charge in [-0.1, -0.05) is 50.1 Å². The monoisotopic (exact) mass is 398 g/mol. The van der Waals surface area contributed by atoms with Crippen LogP contribution in [0.4, 0.5) is 0 Å². The molecule has 3 N–H and O–H groups in total. The molecule has 5 heteroatoms. The van der Waals surface area contributed by atoms with Crippen LogP contribution in [0.1, 0.15) is 24.1 Å². The van der Waals surface area contributed by atoms with Crippen LogP contribution in [-0.4, -0.2) is 6.61 Å². The summed E-state index contributed by atoms with van der Waals surface area (Å²) in [5, 5.41) is 0. The first-order valence-corrected chi connectivity index (χ1v) is 7.88. The molecule has 2 aromatic rings. The SMILES string of the molecule is CCOc1cccc(C(NN)c2ccc(Br)cc2Br)c1. The summed E-state index contributed by atoms with van der Waals surface area (Å²) in [5.41, 5.74) is 4.99. The van der Waals surface area contributed by atoms with Crippen molar-refractivity contribution in [1.29, 1.82) is 0 Å². The number of rotatable bonds is 5. The molecule has 1 atom stereocenters. The summed E-state index contributed by atoms with van der Waals surface area (Å²) in [5.74, 6) is 6.59. The minimum Gasteiger partial charge on any atom is -0.494 e. The Morgan fingerprint density at radius 2 is 2.00 bits per heavy atom. The van der Waals surface area contributed by atoms with Crippen molar-refractivity contribution < 1.29 is 4.74 Å². The summed E-state index contributed by atoms with van der Waals surface area (Å²) >= 11 is 7.03. The number of hydrazine groups is 1. The van der Waals surface area contributed by atoms with E-state index in [1.807, 2.05) is 49.4 Å². The topological polar surface area (TPSA) is 47.3 Å². The molecule has 106 valence electrons. The Morgan fingerprint density at radius 3 is 2.65 bits per heavy atom. The first-order valence-electron chi connectivity index (χ1n) is 6.29. The van der Waals surface area contributed by atoms with E-state index in [4.69, 9.17) is 10.6 Å². The molecule has 0 aliphatic heterocycles. The average Bonchev–Trinajstić information content (AvgIpc) is 2.43. The van der Waals surface area contributed by atoms with Gasteiger partial charge in [-0.25, -0.2) is 5.43 Å². The fraction of sp³-hybridized carbons (Fsp3) is 0.200. The number of hydrogen-bond donors (Lipinski definition) is 2. The fourth-order valence-corrected chi connectivity index (χ4v) is 3.33.